The van der Waals surface area contributed by atoms with Crippen molar-refractivity contribution < 1.29 is 8.42 Å². The van der Waals surface area contributed by atoms with Crippen molar-refractivity contribution in [2.45, 2.75) is 45.6 Å². The molecule has 0 amide bonds. The van der Waals surface area contributed by atoms with Crippen LogP contribution < -0.4 is 10.0 Å². The molecular weight excluding hydrogens is 236 g/mol. The molecule has 4 nitrogen and oxygen atoms in total. The Labute approximate surface area is 105 Å². The van der Waals surface area contributed by atoms with Crippen molar-refractivity contribution in [1.82, 2.24) is 10.0 Å². The Bertz CT molecular complexity index is 361. The van der Waals surface area contributed by atoms with Crippen molar-refractivity contribution in [2.24, 2.45) is 11.3 Å². The van der Waals surface area contributed by atoms with Crippen LogP contribution >= 0.6 is 0 Å². The highest BCUT2D eigenvalue weighted by Crippen LogP contribution is 2.51. The quantitative estimate of drug-likeness (QED) is 0.642. The van der Waals surface area contributed by atoms with Gasteiger partial charge in [-0.2, -0.15) is 0 Å². The summed E-state index contributed by atoms with van der Waals surface area (Å²) in [6.45, 7) is 5.81. The van der Waals surface area contributed by atoms with Crippen molar-refractivity contribution in [1.29, 1.82) is 0 Å². The molecule has 0 bridgehead atoms. The summed E-state index contributed by atoms with van der Waals surface area (Å²) in [6, 6.07) is 0.665. The van der Waals surface area contributed by atoms with Gasteiger partial charge in [-0.1, -0.05) is 13.8 Å². The normalized spacial score (nSPS) is 27.1. The zero-order chi connectivity index (χ0) is 12.5. The van der Waals surface area contributed by atoms with Crippen molar-refractivity contribution >= 4 is 10.0 Å². The number of hydrogen-bond donors (Lipinski definition) is 2. The molecule has 1 atom stereocenters. The number of sulfonamides is 1. The number of hydrogen-bond acceptors (Lipinski definition) is 3. The topological polar surface area (TPSA) is 58.2 Å². The van der Waals surface area contributed by atoms with Crippen LogP contribution in [0, 0.1) is 11.3 Å². The van der Waals surface area contributed by atoms with Crippen molar-refractivity contribution in [3.63, 3.8) is 0 Å². The fraction of sp³-hybridized carbons (Fsp3) is 1.00. The molecule has 0 heterocycles. The van der Waals surface area contributed by atoms with E-state index in [2.05, 4.69) is 23.9 Å². The lowest BCUT2D eigenvalue weighted by molar-refractivity contribution is 0.535. The van der Waals surface area contributed by atoms with Crippen LogP contribution in [-0.4, -0.2) is 33.3 Å². The van der Waals surface area contributed by atoms with E-state index in [1.807, 2.05) is 0 Å². The molecule has 2 N–H and O–H groups in total. The van der Waals surface area contributed by atoms with Gasteiger partial charge in [-0.05, 0) is 43.6 Å². The van der Waals surface area contributed by atoms with Gasteiger partial charge in [-0.25, -0.2) is 13.1 Å². The highest BCUT2D eigenvalue weighted by Gasteiger charge is 2.45. The second-order valence-corrected chi connectivity index (χ2v) is 8.07. The molecule has 0 aromatic heterocycles. The lowest BCUT2D eigenvalue weighted by Gasteiger charge is -2.08. The SMILES string of the molecule is CC1(C)CC1CNS(=O)(=O)CCCNC1CC1. The molecule has 1 unspecified atom stereocenters. The first kappa shape index (κ1) is 13.3. The first-order valence-electron chi connectivity index (χ1n) is 6.60. The second kappa shape index (κ2) is 4.86. The van der Waals surface area contributed by atoms with Gasteiger partial charge >= 0.3 is 0 Å². The van der Waals surface area contributed by atoms with E-state index in [1.165, 1.54) is 12.8 Å². The van der Waals surface area contributed by atoms with E-state index >= 15 is 0 Å². The van der Waals surface area contributed by atoms with Crippen LogP contribution in [0.1, 0.15) is 39.5 Å². The van der Waals surface area contributed by atoms with Gasteiger partial charge in [-0.15, -0.1) is 0 Å². The molecule has 100 valence electrons. The maximum absolute atomic E-state index is 11.7. The van der Waals surface area contributed by atoms with Crippen LogP contribution in [0.25, 0.3) is 0 Å². The fourth-order valence-corrected chi connectivity index (χ4v) is 3.20. The summed E-state index contributed by atoms with van der Waals surface area (Å²) in [7, 11) is -3.05. The molecule has 0 aliphatic heterocycles. The average Bonchev–Trinajstić information content (AvgIpc) is 3.10. The Morgan fingerprint density at radius 1 is 1.29 bits per heavy atom. The van der Waals surface area contributed by atoms with E-state index in [9.17, 15) is 8.42 Å². The van der Waals surface area contributed by atoms with Gasteiger partial charge in [0.15, 0.2) is 0 Å². The summed E-state index contributed by atoms with van der Waals surface area (Å²) in [6.07, 6.45) is 4.35. The van der Waals surface area contributed by atoms with Gasteiger partial charge in [0.2, 0.25) is 10.0 Å². The molecule has 2 fully saturated rings. The van der Waals surface area contributed by atoms with E-state index in [-0.39, 0.29) is 5.75 Å². The number of rotatable bonds is 8. The van der Waals surface area contributed by atoms with Gasteiger partial charge in [0.05, 0.1) is 5.75 Å². The van der Waals surface area contributed by atoms with Crippen molar-refractivity contribution in [2.75, 3.05) is 18.8 Å². The van der Waals surface area contributed by atoms with Gasteiger partial charge in [0, 0.05) is 12.6 Å². The fourth-order valence-electron chi connectivity index (χ4n) is 2.08. The molecule has 2 rings (SSSR count). The molecule has 0 aromatic carbocycles. The summed E-state index contributed by atoms with van der Waals surface area (Å²) in [5.74, 6) is 0.779. The summed E-state index contributed by atoms with van der Waals surface area (Å²) < 4.78 is 26.1. The zero-order valence-corrected chi connectivity index (χ0v) is 11.6. The molecule has 0 saturated heterocycles. The summed E-state index contributed by atoms with van der Waals surface area (Å²) in [4.78, 5) is 0. The second-order valence-electron chi connectivity index (χ2n) is 6.14. The van der Waals surface area contributed by atoms with Gasteiger partial charge < -0.3 is 5.32 Å². The molecule has 17 heavy (non-hydrogen) atoms. The van der Waals surface area contributed by atoms with Crippen molar-refractivity contribution in [3.05, 3.63) is 0 Å². The van der Waals surface area contributed by atoms with Crippen molar-refractivity contribution in [3.8, 4) is 0 Å². The third kappa shape index (κ3) is 4.56. The molecule has 0 spiro atoms. The van der Waals surface area contributed by atoms with E-state index in [1.54, 1.807) is 0 Å². The minimum absolute atomic E-state index is 0.250. The lowest BCUT2D eigenvalue weighted by Crippen LogP contribution is -2.30. The molecule has 0 radical (unpaired) electrons. The number of nitrogens with one attached hydrogen (secondary N) is 2. The standard InChI is InChI=1S/C12H24N2O2S/c1-12(2)8-10(12)9-14-17(15,16)7-3-6-13-11-4-5-11/h10-11,13-14H,3-9H2,1-2H3. The van der Waals surface area contributed by atoms with E-state index in [4.69, 9.17) is 0 Å². The Hall–Kier alpha value is -0.130. The molecule has 0 aromatic rings. The highest BCUT2D eigenvalue weighted by molar-refractivity contribution is 7.89. The van der Waals surface area contributed by atoms with E-state index in [0.717, 1.165) is 13.0 Å². The largest absolute Gasteiger partial charge is 0.314 e. The third-order valence-electron chi connectivity index (χ3n) is 3.87. The maximum Gasteiger partial charge on any atom is 0.211 e. The predicted octanol–water partition coefficient (Wildman–Crippen LogP) is 1.09. The van der Waals surface area contributed by atoms with E-state index < -0.39 is 10.0 Å². The smallest absolute Gasteiger partial charge is 0.211 e. The minimum Gasteiger partial charge on any atom is -0.314 e. The molecule has 2 aliphatic carbocycles. The van der Waals surface area contributed by atoms with E-state index in [0.29, 0.717) is 30.3 Å². The van der Waals surface area contributed by atoms with Gasteiger partial charge in [0.25, 0.3) is 0 Å². The van der Waals surface area contributed by atoms with Crippen LogP contribution in [0.5, 0.6) is 0 Å². The summed E-state index contributed by atoms with van der Waals surface area (Å²) >= 11 is 0. The van der Waals surface area contributed by atoms with Gasteiger partial charge in [0.1, 0.15) is 0 Å². The van der Waals surface area contributed by atoms with Crippen LogP contribution in [0.15, 0.2) is 0 Å². The Balaban J connectivity index is 1.57. The Kier molecular flexibility index (Phi) is 3.80. The van der Waals surface area contributed by atoms with Crippen LogP contribution in [0.3, 0.4) is 0 Å². The first-order chi connectivity index (χ1) is 7.89. The lowest BCUT2D eigenvalue weighted by atomic mass is 10.1. The average molecular weight is 260 g/mol. The monoisotopic (exact) mass is 260 g/mol. The predicted molar refractivity (Wildman–Crippen MR) is 69.3 cm³/mol. The maximum atomic E-state index is 11.7. The summed E-state index contributed by atoms with van der Waals surface area (Å²) in [5, 5.41) is 3.33. The highest BCUT2D eigenvalue weighted by atomic mass is 32.2. The van der Waals surface area contributed by atoms with Crippen LogP contribution in [-0.2, 0) is 10.0 Å². The molecular formula is C12H24N2O2S. The molecule has 2 aliphatic rings. The first-order valence-corrected chi connectivity index (χ1v) is 8.25. The molecule has 5 heteroatoms. The third-order valence-corrected chi connectivity index (χ3v) is 5.30. The summed E-state index contributed by atoms with van der Waals surface area (Å²) in [5.41, 5.74) is 0.343. The van der Waals surface area contributed by atoms with Gasteiger partial charge in [-0.3, -0.25) is 0 Å². The zero-order valence-electron chi connectivity index (χ0n) is 10.8. The minimum atomic E-state index is -3.05. The molecule has 2 saturated carbocycles. The Morgan fingerprint density at radius 3 is 2.47 bits per heavy atom. The van der Waals surface area contributed by atoms with Crippen LogP contribution in [0.4, 0.5) is 0 Å². The van der Waals surface area contributed by atoms with Crippen LogP contribution in [0.2, 0.25) is 0 Å². The Morgan fingerprint density at radius 2 is 1.94 bits per heavy atom.